The molecule has 190 valence electrons. The van der Waals surface area contributed by atoms with Crippen LogP contribution in [-0.4, -0.2) is 54.6 Å². The van der Waals surface area contributed by atoms with Gasteiger partial charge in [0.15, 0.2) is 17.2 Å². The number of hydrogen-bond donors (Lipinski definition) is 5. The second-order valence-corrected chi connectivity index (χ2v) is 10.9. The van der Waals surface area contributed by atoms with E-state index >= 15 is 0 Å². The van der Waals surface area contributed by atoms with Gasteiger partial charge in [-0.3, -0.25) is 14.4 Å². The first kappa shape index (κ1) is 25.7. The van der Waals surface area contributed by atoms with E-state index in [1.54, 1.807) is 20.8 Å². The highest BCUT2D eigenvalue weighted by Crippen LogP contribution is 2.67. The van der Waals surface area contributed by atoms with Crippen LogP contribution in [0, 0.1) is 35.0 Å². The zero-order valence-corrected chi connectivity index (χ0v) is 21.0. The summed E-state index contributed by atoms with van der Waals surface area (Å²) < 4.78 is 0. The average molecular weight is 495 g/mol. The smallest absolute Gasteiger partial charge is 0.203 e. The van der Waals surface area contributed by atoms with Crippen molar-refractivity contribution in [3.63, 3.8) is 0 Å². The summed E-state index contributed by atoms with van der Waals surface area (Å²) in [6.45, 7) is 8.89. The molecule has 1 saturated carbocycles. The number of phenols is 1. The molecule has 0 spiro atoms. The molecule has 8 nitrogen and oxygen atoms in total. The predicted molar refractivity (Wildman–Crippen MR) is 130 cm³/mol. The van der Waals surface area contributed by atoms with Gasteiger partial charge >= 0.3 is 0 Å². The molecule has 8 heteroatoms. The molecule has 1 aromatic carbocycles. The number of allylic oxidation sites excluding steroid dienone is 1. The maximum atomic E-state index is 14.2. The first-order chi connectivity index (χ1) is 16.6. The van der Waals surface area contributed by atoms with Crippen molar-refractivity contribution in [3.8, 4) is 18.1 Å². The molecule has 1 fully saturated rings. The molecule has 0 saturated heterocycles. The van der Waals surface area contributed by atoms with Gasteiger partial charge in [0.2, 0.25) is 5.78 Å². The summed E-state index contributed by atoms with van der Waals surface area (Å²) >= 11 is 0. The number of carbonyl (C=O) groups is 3. The fourth-order valence-electron chi connectivity index (χ4n) is 7.12. The maximum absolute atomic E-state index is 14.2. The van der Waals surface area contributed by atoms with Gasteiger partial charge in [-0.2, -0.15) is 0 Å². The van der Waals surface area contributed by atoms with Crippen molar-refractivity contribution in [1.82, 2.24) is 0 Å². The van der Waals surface area contributed by atoms with E-state index in [2.05, 4.69) is 5.92 Å². The van der Waals surface area contributed by atoms with Gasteiger partial charge in [0.25, 0.3) is 0 Å². The lowest BCUT2D eigenvalue weighted by Crippen LogP contribution is -2.75. The summed E-state index contributed by atoms with van der Waals surface area (Å²) in [5.41, 5.74) is -7.09. The van der Waals surface area contributed by atoms with Crippen LogP contribution in [-0.2, 0) is 14.4 Å². The first-order valence-corrected chi connectivity index (χ1v) is 11.8. The van der Waals surface area contributed by atoms with Gasteiger partial charge in [-0.1, -0.05) is 40.5 Å². The standard InChI is InChI=1S/C28H30O8/c1-8-14-9-10-15(30)18-16(14)12(4)26(6)20(22(18)32)24(34)28(36)23(33)17(13(5)29)21(31)19(11(2)3)27(28,7)25(26)35/h1,9-12,19,25,30,32-33,35-36H,2-7H3/t12-,19?,25-,26+,27+,28+/m1/s1. The number of rotatable bonds is 2. The summed E-state index contributed by atoms with van der Waals surface area (Å²) in [7, 11) is 0. The number of fused-ring (bicyclic) bond motifs is 3. The molecular formula is C28H30O8. The molecule has 0 bridgehead atoms. The number of ketones is 3. The van der Waals surface area contributed by atoms with Crippen LogP contribution >= 0.6 is 0 Å². The Hall–Kier alpha value is -3.41. The average Bonchev–Trinajstić information content (AvgIpc) is 2.79. The Balaban J connectivity index is 2.21. The van der Waals surface area contributed by atoms with E-state index in [4.69, 9.17) is 6.42 Å². The number of terminal acetylenes is 1. The highest BCUT2D eigenvalue weighted by molar-refractivity contribution is 6.24. The second-order valence-electron chi connectivity index (χ2n) is 10.9. The Morgan fingerprint density at radius 3 is 2.22 bits per heavy atom. The largest absolute Gasteiger partial charge is 0.508 e. The molecule has 3 aliphatic carbocycles. The van der Waals surface area contributed by atoms with Crippen molar-refractivity contribution in [2.75, 3.05) is 0 Å². The Morgan fingerprint density at radius 1 is 1.14 bits per heavy atom. The van der Waals surface area contributed by atoms with Crippen molar-refractivity contribution >= 4 is 23.1 Å². The molecule has 0 aromatic heterocycles. The zero-order chi connectivity index (χ0) is 27.3. The van der Waals surface area contributed by atoms with Crippen LogP contribution in [0.2, 0.25) is 0 Å². The summed E-state index contributed by atoms with van der Waals surface area (Å²) in [5, 5.41) is 57.3. The molecule has 6 atom stereocenters. The number of carbonyl (C=O) groups excluding carboxylic acids is 3. The van der Waals surface area contributed by atoms with E-state index in [0.29, 0.717) is 11.1 Å². The molecule has 0 amide bonds. The van der Waals surface area contributed by atoms with Gasteiger partial charge in [-0.15, -0.1) is 6.42 Å². The highest BCUT2D eigenvalue weighted by Gasteiger charge is 2.77. The van der Waals surface area contributed by atoms with Crippen molar-refractivity contribution in [2.45, 2.75) is 59.2 Å². The molecule has 0 aliphatic heterocycles. The second kappa shape index (κ2) is 7.55. The van der Waals surface area contributed by atoms with Gasteiger partial charge in [0, 0.05) is 22.3 Å². The fraction of sp³-hybridized carbons (Fsp3) is 0.464. The number of aliphatic hydroxyl groups is 4. The lowest BCUT2D eigenvalue weighted by molar-refractivity contribution is -0.215. The molecule has 1 unspecified atom stereocenters. The van der Waals surface area contributed by atoms with Gasteiger partial charge in [-0.05, 0) is 36.5 Å². The lowest BCUT2D eigenvalue weighted by atomic mass is 9.40. The molecule has 36 heavy (non-hydrogen) atoms. The zero-order valence-electron chi connectivity index (χ0n) is 21.0. The number of phenolic OH excluding ortho intramolecular Hbond substituents is 1. The third-order valence-corrected chi connectivity index (χ3v) is 8.97. The molecule has 3 aliphatic rings. The third-order valence-electron chi connectivity index (χ3n) is 8.97. The lowest BCUT2D eigenvalue weighted by Gasteiger charge is -2.63. The maximum Gasteiger partial charge on any atom is 0.203 e. The van der Waals surface area contributed by atoms with Crippen molar-refractivity contribution < 1.29 is 39.9 Å². The molecule has 1 aromatic rings. The summed E-state index contributed by atoms with van der Waals surface area (Å²) in [6, 6.07) is 2.75. The van der Waals surface area contributed by atoms with E-state index in [9.17, 15) is 39.9 Å². The Labute approximate surface area is 209 Å². The van der Waals surface area contributed by atoms with Crippen molar-refractivity contribution in [3.05, 3.63) is 45.7 Å². The van der Waals surface area contributed by atoms with E-state index in [0.717, 1.165) is 6.92 Å². The van der Waals surface area contributed by atoms with Crippen molar-refractivity contribution in [1.29, 1.82) is 0 Å². The molecule has 5 N–H and O–H groups in total. The number of Topliss-reactive ketones (excluding diaryl/α,β-unsaturated/α-hetero) is 3. The van der Waals surface area contributed by atoms with Crippen LogP contribution in [0.3, 0.4) is 0 Å². The minimum atomic E-state index is -2.91. The summed E-state index contributed by atoms with van der Waals surface area (Å²) in [6.07, 6.45) is 4.00. The van der Waals surface area contributed by atoms with Crippen LogP contribution in [0.25, 0.3) is 5.76 Å². The van der Waals surface area contributed by atoms with Crippen LogP contribution in [0.4, 0.5) is 0 Å². The normalized spacial score (nSPS) is 35.8. The van der Waals surface area contributed by atoms with Gasteiger partial charge in [0.05, 0.1) is 17.2 Å². The third kappa shape index (κ3) is 2.54. The molecular weight excluding hydrogens is 464 g/mol. The Bertz CT molecular complexity index is 1360. The topological polar surface area (TPSA) is 152 Å². The number of aliphatic hydroxyl groups excluding tert-OH is 3. The minimum absolute atomic E-state index is 0.110. The van der Waals surface area contributed by atoms with Crippen LogP contribution in [0.1, 0.15) is 64.2 Å². The molecule has 4 rings (SSSR count). The van der Waals surface area contributed by atoms with Gasteiger partial charge in [-0.25, -0.2) is 0 Å². The van der Waals surface area contributed by atoms with Gasteiger partial charge < -0.3 is 25.5 Å². The quantitative estimate of drug-likeness (QED) is 0.311. The summed E-state index contributed by atoms with van der Waals surface area (Å²) in [4.78, 5) is 40.2. The number of benzene rings is 1. The Morgan fingerprint density at radius 2 is 1.72 bits per heavy atom. The van der Waals surface area contributed by atoms with E-state index in [-0.39, 0.29) is 11.3 Å². The van der Waals surface area contributed by atoms with E-state index < -0.39 is 80.3 Å². The number of hydrogen-bond acceptors (Lipinski definition) is 8. The van der Waals surface area contributed by atoms with E-state index in [1.165, 1.54) is 26.0 Å². The fourth-order valence-corrected chi connectivity index (χ4v) is 7.12. The molecule has 0 radical (unpaired) electrons. The minimum Gasteiger partial charge on any atom is -0.508 e. The van der Waals surface area contributed by atoms with Crippen LogP contribution in [0.5, 0.6) is 5.75 Å². The van der Waals surface area contributed by atoms with Crippen LogP contribution < -0.4 is 0 Å². The SMILES string of the molecule is C#Cc1ccc(O)c2c1[C@@H](C)[C@@]1(C)C(=C2O)C(=O)[C@@]2(O)C(O)=C(C(C)=O)C(=O)C(C(C)C)[C@@]2(C)[C@@H]1O. The first-order valence-electron chi connectivity index (χ1n) is 11.8. The predicted octanol–water partition coefficient (Wildman–Crippen LogP) is 2.70. The summed E-state index contributed by atoms with van der Waals surface area (Å²) in [5.74, 6) is -5.06. The van der Waals surface area contributed by atoms with E-state index in [1.807, 2.05) is 0 Å². The monoisotopic (exact) mass is 494 g/mol. The Kier molecular flexibility index (Phi) is 5.38. The van der Waals surface area contributed by atoms with Crippen molar-refractivity contribution in [2.24, 2.45) is 22.7 Å². The molecule has 0 heterocycles. The van der Waals surface area contributed by atoms with Crippen LogP contribution in [0.15, 0.2) is 29.0 Å². The number of aromatic hydroxyl groups is 1. The van der Waals surface area contributed by atoms with Gasteiger partial charge in [0.1, 0.15) is 22.8 Å². The highest BCUT2D eigenvalue weighted by atomic mass is 16.4.